The highest BCUT2D eigenvalue weighted by Crippen LogP contribution is 2.21. The van der Waals surface area contributed by atoms with Gasteiger partial charge in [-0.1, -0.05) is 43.3 Å². The number of hydrogen-bond donors (Lipinski definition) is 1. The van der Waals surface area contributed by atoms with Crippen LogP contribution in [0.5, 0.6) is 0 Å². The first-order valence-corrected chi connectivity index (χ1v) is 7.34. The van der Waals surface area contributed by atoms with Crippen LogP contribution < -0.4 is 5.56 Å². The molecule has 1 N–H and O–H groups in total. The van der Waals surface area contributed by atoms with E-state index >= 15 is 0 Å². The summed E-state index contributed by atoms with van der Waals surface area (Å²) in [6.07, 6.45) is 4.70. The lowest BCUT2D eigenvalue weighted by atomic mass is 10.2. The van der Waals surface area contributed by atoms with Crippen LogP contribution in [0.4, 0.5) is 0 Å². The van der Waals surface area contributed by atoms with Gasteiger partial charge in [-0.05, 0) is 24.1 Å². The Balaban J connectivity index is 2.00. The van der Waals surface area contributed by atoms with E-state index in [1.807, 2.05) is 48.6 Å². The largest absolute Gasteiger partial charge is 0.306 e. The van der Waals surface area contributed by atoms with Crippen LogP contribution in [0.25, 0.3) is 22.4 Å². The highest BCUT2D eigenvalue weighted by molar-refractivity contribution is 7.18. The van der Waals surface area contributed by atoms with Gasteiger partial charge in [0.25, 0.3) is 5.56 Å². The van der Waals surface area contributed by atoms with Gasteiger partial charge >= 0.3 is 0 Å². The number of aromatic nitrogens is 2. The molecule has 0 unspecified atom stereocenters. The molecular weight excluding hydrogens is 268 g/mol. The molecule has 1 aromatic carbocycles. The standard InChI is InChI=1S/C16H14N2OS/c1-2-12-10-13-15(19)17-14(18-16(13)20-12)9-8-11-6-4-3-5-7-11/h3-10H,2H2,1H3,(H,17,18,19)/b9-8+. The van der Waals surface area contributed by atoms with E-state index in [2.05, 4.69) is 16.9 Å². The number of fused-ring (bicyclic) bond motifs is 1. The summed E-state index contributed by atoms with van der Waals surface area (Å²) >= 11 is 1.58. The van der Waals surface area contributed by atoms with Gasteiger partial charge in [-0.3, -0.25) is 4.79 Å². The number of aryl methyl sites for hydroxylation is 1. The summed E-state index contributed by atoms with van der Waals surface area (Å²) in [6.45, 7) is 2.08. The molecule has 0 aliphatic carbocycles. The van der Waals surface area contributed by atoms with Crippen LogP contribution in [0.1, 0.15) is 23.2 Å². The lowest BCUT2D eigenvalue weighted by Gasteiger charge is -1.94. The van der Waals surface area contributed by atoms with Crippen molar-refractivity contribution in [3.63, 3.8) is 0 Å². The molecule has 3 rings (SSSR count). The first-order chi connectivity index (χ1) is 9.76. The molecule has 0 bridgehead atoms. The molecule has 0 saturated heterocycles. The first kappa shape index (κ1) is 12.8. The maximum absolute atomic E-state index is 12.0. The van der Waals surface area contributed by atoms with E-state index in [1.54, 1.807) is 11.3 Å². The number of aromatic amines is 1. The zero-order chi connectivity index (χ0) is 13.9. The van der Waals surface area contributed by atoms with Gasteiger partial charge in [0.2, 0.25) is 0 Å². The normalized spacial score (nSPS) is 11.4. The first-order valence-electron chi connectivity index (χ1n) is 6.52. The summed E-state index contributed by atoms with van der Waals surface area (Å²) in [6, 6.07) is 11.9. The van der Waals surface area contributed by atoms with Crippen LogP contribution in [-0.4, -0.2) is 9.97 Å². The highest BCUT2D eigenvalue weighted by Gasteiger charge is 2.06. The van der Waals surface area contributed by atoms with E-state index in [9.17, 15) is 4.79 Å². The van der Waals surface area contributed by atoms with Crippen LogP contribution in [0.3, 0.4) is 0 Å². The third-order valence-corrected chi connectivity index (χ3v) is 4.23. The van der Waals surface area contributed by atoms with Crippen molar-refractivity contribution in [1.29, 1.82) is 0 Å². The van der Waals surface area contributed by atoms with Gasteiger partial charge in [0.15, 0.2) is 0 Å². The second-order valence-electron chi connectivity index (χ2n) is 4.48. The molecule has 0 radical (unpaired) electrons. The Kier molecular flexibility index (Phi) is 3.48. The van der Waals surface area contributed by atoms with Crippen LogP contribution in [-0.2, 0) is 6.42 Å². The molecule has 0 spiro atoms. The van der Waals surface area contributed by atoms with Gasteiger partial charge in [-0.15, -0.1) is 11.3 Å². The minimum absolute atomic E-state index is 0.0707. The average Bonchev–Trinajstić information content (AvgIpc) is 2.90. The minimum atomic E-state index is -0.0707. The molecular formula is C16H14N2OS. The molecule has 0 fully saturated rings. The molecule has 3 aromatic rings. The van der Waals surface area contributed by atoms with Crippen LogP contribution in [0, 0.1) is 0 Å². The van der Waals surface area contributed by atoms with Crippen molar-refractivity contribution >= 4 is 33.7 Å². The zero-order valence-electron chi connectivity index (χ0n) is 11.1. The van der Waals surface area contributed by atoms with Crippen LogP contribution in [0.15, 0.2) is 41.2 Å². The fourth-order valence-electron chi connectivity index (χ4n) is 1.99. The Morgan fingerprint density at radius 1 is 1.25 bits per heavy atom. The molecule has 0 atom stereocenters. The molecule has 4 heteroatoms. The second kappa shape index (κ2) is 5.43. The van der Waals surface area contributed by atoms with E-state index in [-0.39, 0.29) is 5.56 Å². The van der Waals surface area contributed by atoms with E-state index < -0.39 is 0 Å². The number of rotatable bonds is 3. The van der Waals surface area contributed by atoms with Gasteiger partial charge in [0.05, 0.1) is 5.39 Å². The number of nitrogens with zero attached hydrogens (tertiary/aromatic N) is 1. The van der Waals surface area contributed by atoms with Crippen molar-refractivity contribution < 1.29 is 0 Å². The van der Waals surface area contributed by atoms with Crippen LogP contribution in [0.2, 0.25) is 0 Å². The quantitative estimate of drug-likeness (QED) is 0.796. The lowest BCUT2D eigenvalue weighted by Crippen LogP contribution is -2.07. The molecule has 2 aromatic heterocycles. The number of hydrogen-bond acceptors (Lipinski definition) is 3. The van der Waals surface area contributed by atoms with E-state index in [0.717, 1.165) is 16.8 Å². The molecule has 0 saturated carbocycles. The third-order valence-electron chi connectivity index (χ3n) is 3.05. The Bertz CT molecular complexity index is 815. The smallest absolute Gasteiger partial charge is 0.259 e. The molecule has 0 aliphatic heterocycles. The highest BCUT2D eigenvalue weighted by atomic mass is 32.1. The Labute approximate surface area is 120 Å². The Morgan fingerprint density at radius 3 is 2.80 bits per heavy atom. The topological polar surface area (TPSA) is 45.8 Å². The van der Waals surface area contributed by atoms with E-state index in [1.165, 1.54) is 4.88 Å². The van der Waals surface area contributed by atoms with Crippen molar-refractivity contribution in [2.75, 3.05) is 0 Å². The van der Waals surface area contributed by atoms with Gasteiger partial charge in [0.1, 0.15) is 10.7 Å². The molecule has 0 aliphatic rings. The Morgan fingerprint density at radius 2 is 2.05 bits per heavy atom. The van der Waals surface area contributed by atoms with Crippen molar-refractivity contribution in [2.24, 2.45) is 0 Å². The zero-order valence-corrected chi connectivity index (χ0v) is 11.9. The summed E-state index contributed by atoms with van der Waals surface area (Å²) in [4.78, 5) is 21.3. The Hall–Kier alpha value is -2.20. The van der Waals surface area contributed by atoms with Crippen molar-refractivity contribution in [1.82, 2.24) is 9.97 Å². The summed E-state index contributed by atoms with van der Waals surface area (Å²) in [5, 5.41) is 0.684. The predicted molar refractivity (Wildman–Crippen MR) is 85.0 cm³/mol. The molecule has 2 heterocycles. The summed E-state index contributed by atoms with van der Waals surface area (Å²) < 4.78 is 0. The fraction of sp³-hybridized carbons (Fsp3) is 0.125. The van der Waals surface area contributed by atoms with Gasteiger partial charge in [0, 0.05) is 4.88 Å². The maximum atomic E-state index is 12.0. The second-order valence-corrected chi connectivity index (χ2v) is 5.60. The van der Waals surface area contributed by atoms with Gasteiger partial charge in [-0.25, -0.2) is 4.98 Å². The lowest BCUT2D eigenvalue weighted by molar-refractivity contribution is 1.15. The van der Waals surface area contributed by atoms with E-state index in [4.69, 9.17) is 0 Å². The number of benzene rings is 1. The number of nitrogens with one attached hydrogen (secondary N) is 1. The molecule has 0 amide bonds. The molecule has 100 valence electrons. The SMILES string of the molecule is CCc1cc2c(=O)[nH]c(/C=C/c3ccccc3)nc2s1. The fourth-order valence-corrected chi connectivity index (χ4v) is 2.97. The van der Waals surface area contributed by atoms with Gasteiger partial charge in [-0.2, -0.15) is 0 Å². The predicted octanol–water partition coefficient (Wildman–Crippen LogP) is 3.72. The van der Waals surface area contributed by atoms with Crippen molar-refractivity contribution in [3.8, 4) is 0 Å². The number of thiophene rings is 1. The average molecular weight is 282 g/mol. The maximum Gasteiger partial charge on any atom is 0.259 e. The monoisotopic (exact) mass is 282 g/mol. The molecule has 3 nitrogen and oxygen atoms in total. The molecule has 20 heavy (non-hydrogen) atoms. The summed E-state index contributed by atoms with van der Waals surface area (Å²) in [5.41, 5.74) is 1.01. The summed E-state index contributed by atoms with van der Waals surface area (Å²) in [5.74, 6) is 0.593. The van der Waals surface area contributed by atoms with E-state index in [0.29, 0.717) is 11.2 Å². The summed E-state index contributed by atoms with van der Waals surface area (Å²) in [7, 11) is 0. The number of H-pyrrole nitrogens is 1. The van der Waals surface area contributed by atoms with Crippen LogP contribution >= 0.6 is 11.3 Å². The minimum Gasteiger partial charge on any atom is -0.306 e. The van der Waals surface area contributed by atoms with Crippen molar-refractivity contribution in [2.45, 2.75) is 13.3 Å². The van der Waals surface area contributed by atoms with Crippen molar-refractivity contribution in [3.05, 3.63) is 63.0 Å². The van der Waals surface area contributed by atoms with Gasteiger partial charge < -0.3 is 4.98 Å². The third kappa shape index (κ3) is 2.56.